The predicted octanol–water partition coefficient (Wildman–Crippen LogP) is 2.92. The number of aliphatic hydroxyl groups is 1. The van der Waals surface area contributed by atoms with Gasteiger partial charge in [0.15, 0.2) is 0 Å². The molecule has 1 aromatic rings. The van der Waals surface area contributed by atoms with Crippen LogP contribution in [0.1, 0.15) is 36.4 Å². The lowest BCUT2D eigenvalue weighted by Gasteiger charge is -2.45. The average molecular weight is 284 g/mol. The highest BCUT2D eigenvalue weighted by molar-refractivity contribution is 9.10. The van der Waals surface area contributed by atoms with E-state index in [0.717, 1.165) is 22.9 Å². The first-order chi connectivity index (χ1) is 7.59. The molecule has 0 aromatic heterocycles. The molecular formula is C13H18BrNO. The van der Waals surface area contributed by atoms with Gasteiger partial charge in [-0.25, -0.2) is 0 Å². The molecule has 16 heavy (non-hydrogen) atoms. The Morgan fingerprint density at radius 1 is 1.50 bits per heavy atom. The normalized spacial score (nSPS) is 20.2. The van der Waals surface area contributed by atoms with Crippen LogP contribution in [0.3, 0.4) is 0 Å². The second-order valence-corrected chi connectivity index (χ2v) is 5.77. The van der Waals surface area contributed by atoms with E-state index < -0.39 is 0 Å². The number of hydrogen-bond donors (Lipinski definition) is 2. The Hall–Kier alpha value is -0.380. The maximum absolute atomic E-state index is 9.54. The molecule has 2 rings (SSSR count). The molecule has 1 aromatic carbocycles. The number of nitrogens with two attached hydrogens (primary N) is 1. The zero-order valence-electron chi connectivity index (χ0n) is 9.54. The Bertz CT molecular complexity index is 382. The lowest BCUT2D eigenvalue weighted by Crippen LogP contribution is -2.43. The summed E-state index contributed by atoms with van der Waals surface area (Å²) in [6.07, 6.45) is 3.26. The highest BCUT2D eigenvalue weighted by atomic mass is 79.9. The monoisotopic (exact) mass is 283 g/mol. The molecule has 1 unspecified atom stereocenters. The minimum absolute atomic E-state index is 0.0521. The first-order valence-corrected chi connectivity index (χ1v) is 6.51. The fraction of sp³-hybridized carbons (Fsp3) is 0.538. The van der Waals surface area contributed by atoms with Gasteiger partial charge in [-0.2, -0.15) is 0 Å². The first kappa shape index (κ1) is 12.1. The van der Waals surface area contributed by atoms with Gasteiger partial charge in [0.05, 0.1) is 6.61 Å². The van der Waals surface area contributed by atoms with Gasteiger partial charge in [-0.05, 0) is 43.0 Å². The first-order valence-electron chi connectivity index (χ1n) is 5.71. The van der Waals surface area contributed by atoms with E-state index in [-0.39, 0.29) is 18.1 Å². The summed E-state index contributed by atoms with van der Waals surface area (Å²) in [7, 11) is 0. The molecule has 0 aliphatic heterocycles. The highest BCUT2D eigenvalue weighted by Crippen LogP contribution is 2.49. The van der Waals surface area contributed by atoms with Crippen molar-refractivity contribution in [2.24, 2.45) is 11.1 Å². The van der Waals surface area contributed by atoms with Crippen LogP contribution in [0.25, 0.3) is 0 Å². The molecule has 0 amide bonds. The van der Waals surface area contributed by atoms with Crippen molar-refractivity contribution in [2.75, 3.05) is 6.61 Å². The average Bonchev–Trinajstić information content (AvgIpc) is 2.21. The fourth-order valence-corrected chi connectivity index (χ4v) is 2.85. The van der Waals surface area contributed by atoms with Crippen molar-refractivity contribution in [3.8, 4) is 0 Å². The number of rotatable bonds is 3. The summed E-state index contributed by atoms with van der Waals surface area (Å²) in [6, 6.07) is 6.13. The van der Waals surface area contributed by atoms with Crippen molar-refractivity contribution in [2.45, 2.75) is 32.2 Å². The van der Waals surface area contributed by atoms with Crippen molar-refractivity contribution >= 4 is 15.9 Å². The number of aryl methyl sites for hydroxylation is 1. The Labute approximate surface area is 105 Å². The molecule has 0 heterocycles. The largest absolute Gasteiger partial charge is 0.396 e. The summed E-state index contributed by atoms with van der Waals surface area (Å²) in [5, 5.41) is 9.54. The topological polar surface area (TPSA) is 46.2 Å². The molecule has 1 atom stereocenters. The zero-order valence-corrected chi connectivity index (χ0v) is 11.1. The van der Waals surface area contributed by atoms with Gasteiger partial charge in [0.25, 0.3) is 0 Å². The molecule has 1 fully saturated rings. The van der Waals surface area contributed by atoms with Gasteiger partial charge in [0.2, 0.25) is 0 Å². The van der Waals surface area contributed by atoms with Crippen molar-refractivity contribution in [1.82, 2.24) is 0 Å². The van der Waals surface area contributed by atoms with Crippen LogP contribution < -0.4 is 5.73 Å². The molecule has 3 heteroatoms. The van der Waals surface area contributed by atoms with Crippen molar-refractivity contribution < 1.29 is 5.11 Å². The molecular weight excluding hydrogens is 266 g/mol. The fourth-order valence-electron chi connectivity index (χ4n) is 2.47. The number of benzene rings is 1. The third kappa shape index (κ3) is 1.92. The summed E-state index contributed by atoms with van der Waals surface area (Å²) in [4.78, 5) is 0. The molecule has 1 saturated carbocycles. The Balaban J connectivity index is 2.32. The van der Waals surface area contributed by atoms with Crippen molar-refractivity contribution in [3.63, 3.8) is 0 Å². The van der Waals surface area contributed by atoms with Gasteiger partial charge in [-0.1, -0.05) is 28.4 Å². The van der Waals surface area contributed by atoms with Gasteiger partial charge in [-0.15, -0.1) is 0 Å². The van der Waals surface area contributed by atoms with Crippen LogP contribution in [0, 0.1) is 12.3 Å². The zero-order chi connectivity index (χ0) is 11.8. The summed E-state index contributed by atoms with van der Waals surface area (Å²) < 4.78 is 1.05. The molecule has 0 saturated heterocycles. The SMILES string of the molecule is Cc1ccc(Br)cc1C(N)C1(CO)CCC1. The number of aliphatic hydroxyl groups excluding tert-OH is 1. The van der Waals surface area contributed by atoms with E-state index in [1.165, 1.54) is 12.0 Å². The van der Waals surface area contributed by atoms with Crippen LogP contribution >= 0.6 is 15.9 Å². The van der Waals surface area contributed by atoms with Crippen molar-refractivity contribution in [3.05, 3.63) is 33.8 Å². The molecule has 1 aliphatic carbocycles. The minimum Gasteiger partial charge on any atom is -0.396 e. The van der Waals surface area contributed by atoms with Crippen LogP contribution in [0.5, 0.6) is 0 Å². The Morgan fingerprint density at radius 2 is 2.19 bits per heavy atom. The molecule has 0 spiro atoms. The van der Waals surface area contributed by atoms with Gasteiger partial charge >= 0.3 is 0 Å². The Kier molecular flexibility index (Phi) is 3.38. The quantitative estimate of drug-likeness (QED) is 0.896. The summed E-state index contributed by atoms with van der Waals surface area (Å²) in [5.41, 5.74) is 8.62. The number of halogens is 1. The molecule has 1 aliphatic rings. The van der Waals surface area contributed by atoms with E-state index >= 15 is 0 Å². The van der Waals surface area contributed by atoms with Gasteiger partial charge in [0.1, 0.15) is 0 Å². The molecule has 3 N–H and O–H groups in total. The second kappa shape index (κ2) is 4.47. The standard InChI is InChI=1S/C13H18BrNO/c1-9-3-4-10(14)7-11(9)12(15)13(8-16)5-2-6-13/h3-4,7,12,16H,2,5-6,8,15H2,1H3. The summed E-state index contributed by atoms with van der Waals surface area (Å²) in [5.74, 6) is 0. The van der Waals surface area contributed by atoms with Crippen LogP contribution in [-0.2, 0) is 0 Å². The third-order valence-electron chi connectivity index (χ3n) is 3.90. The molecule has 88 valence electrons. The van der Waals surface area contributed by atoms with E-state index in [4.69, 9.17) is 5.73 Å². The van der Waals surface area contributed by atoms with E-state index in [1.54, 1.807) is 0 Å². The van der Waals surface area contributed by atoms with Crippen molar-refractivity contribution in [1.29, 1.82) is 0 Å². The minimum atomic E-state index is -0.0778. The lowest BCUT2D eigenvalue weighted by atomic mass is 9.63. The van der Waals surface area contributed by atoms with E-state index in [9.17, 15) is 5.11 Å². The Morgan fingerprint density at radius 3 is 2.69 bits per heavy atom. The maximum atomic E-state index is 9.54. The van der Waals surface area contributed by atoms with Crippen LogP contribution in [-0.4, -0.2) is 11.7 Å². The smallest absolute Gasteiger partial charge is 0.0505 e. The third-order valence-corrected chi connectivity index (χ3v) is 4.39. The summed E-state index contributed by atoms with van der Waals surface area (Å²) >= 11 is 3.48. The maximum Gasteiger partial charge on any atom is 0.0505 e. The summed E-state index contributed by atoms with van der Waals surface area (Å²) in [6.45, 7) is 2.27. The molecule has 2 nitrogen and oxygen atoms in total. The lowest BCUT2D eigenvalue weighted by molar-refractivity contribution is 0.0182. The highest BCUT2D eigenvalue weighted by Gasteiger charge is 2.42. The van der Waals surface area contributed by atoms with E-state index in [0.29, 0.717) is 0 Å². The second-order valence-electron chi connectivity index (χ2n) is 4.85. The van der Waals surface area contributed by atoms with Gasteiger partial charge in [0, 0.05) is 15.9 Å². The number of hydrogen-bond acceptors (Lipinski definition) is 2. The van der Waals surface area contributed by atoms with Crippen LogP contribution in [0.15, 0.2) is 22.7 Å². The van der Waals surface area contributed by atoms with E-state index in [2.05, 4.69) is 35.0 Å². The van der Waals surface area contributed by atoms with Crippen LogP contribution in [0.4, 0.5) is 0 Å². The van der Waals surface area contributed by atoms with Crippen LogP contribution in [0.2, 0.25) is 0 Å². The predicted molar refractivity (Wildman–Crippen MR) is 69.2 cm³/mol. The molecule has 0 radical (unpaired) electrons. The van der Waals surface area contributed by atoms with Gasteiger partial charge in [-0.3, -0.25) is 0 Å². The van der Waals surface area contributed by atoms with E-state index in [1.807, 2.05) is 6.07 Å². The van der Waals surface area contributed by atoms with Gasteiger partial charge < -0.3 is 10.8 Å². The molecule has 0 bridgehead atoms.